The molecule has 1 aliphatic rings. The number of benzene rings is 1. The van der Waals surface area contributed by atoms with E-state index in [0.717, 1.165) is 29.4 Å². The van der Waals surface area contributed by atoms with Crippen molar-refractivity contribution in [3.63, 3.8) is 0 Å². The molecule has 8 heteroatoms. The van der Waals surface area contributed by atoms with Crippen LogP contribution < -0.4 is 4.74 Å². The highest BCUT2D eigenvalue weighted by Crippen LogP contribution is 2.39. The zero-order valence-corrected chi connectivity index (χ0v) is 16.3. The number of hydrogen-bond acceptors (Lipinski definition) is 6. The topological polar surface area (TPSA) is 72.9 Å². The van der Waals surface area contributed by atoms with Gasteiger partial charge >= 0.3 is 0 Å². The summed E-state index contributed by atoms with van der Waals surface area (Å²) >= 11 is 7.02. The number of hydrogen-bond donors (Lipinski definition) is 0. The minimum absolute atomic E-state index is 0.117. The van der Waals surface area contributed by atoms with E-state index in [9.17, 15) is 14.4 Å². The van der Waals surface area contributed by atoms with Gasteiger partial charge in [-0.05, 0) is 30.2 Å². The third-order valence-corrected chi connectivity index (χ3v) is 5.40. The fourth-order valence-electron chi connectivity index (χ4n) is 2.41. The Morgan fingerprint density at radius 3 is 2.50 bits per heavy atom. The molecular weight excluding hydrogens is 378 g/mol. The molecule has 2 atom stereocenters. The number of aldehydes is 1. The van der Waals surface area contributed by atoms with Crippen LogP contribution in [-0.2, 0) is 25.7 Å². The Kier molecular flexibility index (Phi) is 7.11. The number of thioether (sulfide) groups is 1. The van der Waals surface area contributed by atoms with Gasteiger partial charge in [0, 0.05) is 13.3 Å². The summed E-state index contributed by atoms with van der Waals surface area (Å²) in [6.45, 7) is 3.32. The van der Waals surface area contributed by atoms with Crippen molar-refractivity contribution in [2.45, 2.75) is 37.6 Å². The predicted molar refractivity (Wildman–Crippen MR) is 99.7 cm³/mol. The molecule has 1 aromatic rings. The van der Waals surface area contributed by atoms with E-state index < -0.39 is 10.8 Å². The number of β-lactam (4-membered cyclic amide) rings is 1. The monoisotopic (exact) mass is 397 g/mol. The minimum Gasteiger partial charge on any atom is -0.497 e. The quantitative estimate of drug-likeness (QED) is 0.290. The SMILES string of the molecule is COc1ccc(COC(=C(C)CC=O)N2C(=O)[C@H](Cl)[C@H]2SC(C)=O)cc1. The molecule has 140 valence electrons. The molecule has 2 rings (SSSR count). The molecule has 1 fully saturated rings. The van der Waals surface area contributed by atoms with Crippen molar-refractivity contribution in [2.24, 2.45) is 0 Å². The van der Waals surface area contributed by atoms with E-state index in [1.165, 1.54) is 11.8 Å². The molecule has 1 aromatic carbocycles. The van der Waals surface area contributed by atoms with Gasteiger partial charge in [-0.2, -0.15) is 0 Å². The van der Waals surface area contributed by atoms with Gasteiger partial charge in [-0.15, -0.1) is 11.6 Å². The van der Waals surface area contributed by atoms with Gasteiger partial charge in [0.05, 0.1) is 7.11 Å². The molecule has 0 N–H and O–H groups in total. The second kappa shape index (κ2) is 9.09. The molecule has 1 heterocycles. The summed E-state index contributed by atoms with van der Waals surface area (Å²) < 4.78 is 11.0. The Labute approximate surface area is 161 Å². The number of likely N-dealkylation sites (tertiary alicyclic amines) is 1. The van der Waals surface area contributed by atoms with Gasteiger partial charge in [-0.1, -0.05) is 23.9 Å². The molecule has 6 nitrogen and oxygen atoms in total. The smallest absolute Gasteiger partial charge is 0.251 e. The number of carbonyl (C=O) groups excluding carboxylic acids is 3. The van der Waals surface area contributed by atoms with Crippen LogP contribution in [0.5, 0.6) is 5.75 Å². The lowest BCUT2D eigenvalue weighted by Crippen LogP contribution is -2.60. The molecule has 1 aliphatic heterocycles. The molecule has 1 saturated heterocycles. The third kappa shape index (κ3) is 4.59. The van der Waals surface area contributed by atoms with E-state index in [2.05, 4.69) is 0 Å². The first-order valence-electron chi connectivity index (χ1n) is 7.92. The summed E-state index contributed by atoms with van der Waals surface area (Å²) in [7, 11) is 1.58. The zero-order chi connectivity index (χ0) is 19.3. The Balaban J connectivity index is 2.20. The van der Waals surface area contributed by atoms with Crippen LogP contribution in [-0.4, -0.2) is 40.1 Å². The average Bonchev–Trinajstić information content (AvgIpc) is 2.63. The van der Waals surface area contributed by atoms with Crippen molar-refractivity contribution < 1.29 is 23.9 Å². The van der Waals surface area contributed by atoms with Crippen LogP contribution in [0.2, 0.25) is 0 Å². The lowest BCUT2D eigenvalue weighted by atomic mass is 10.1. The number of amides is 1. The summed E-state index contributed by atoms with van der Waals surface area (Å²) in [6, 6.07) is 7.29. The van der Waals surface area contributed by atoms with Crippen LogP contribution >= 0.6 is 23.4 Å². The first-order valence-corrected chi connectivity index (χ1v) is 9.24. The number of allylic oxidation sites excluding steroid dienone is 1. The van der Waals surface area contributed by atoms with Crippen LogP contribution in [0.25, 0.3) is 0 Å². The summed E-state index contributed by atoms with van der Waals surface area (Å²) in [5.41, 5.74) is 1.47. The van der Waals surface area contributed by atoms with Crippen LogP contribution in [0.3, 0.4) is 0 Å². The molecule has 0 bridgehead atoms. The zero-order valence-electron chi connectivity index (χ0n) is 14.7. The fraction of sp³-hybridized carbons (Fsp3) is 0.389. The largest absolute Gasteiger partial charge is 0.497 e. The number of ether oxygens (including phenoxy) is 2. The van der Waals surface area contributed by atoms with E-state index in [-0.39, 0.29) is 29.9 Å². The van der Waals surface area contributed by atoms with Crippen molar-refractivity contribution in [1.82, 2.24) is 4.90 Å². The van der Waals surface area contributed by atoms with Gasteiger partial charge in [0.2, 0.25) is 0 Å². The van der Waals surface area contributed by atoms with E-state index in [0.29, 0.717) is 5.57 Å². The fourth-order valence-corrected chi connectivity index (χ4v) is 3.66. The van der Waals surface area contributed by atoms with Crippen molar-refractivity contribution in [1.29, 1.82) is 0 Å². The Morgan fingerprint density at radius 2 is 1.96 bits per heavy atom. The molecule has 1 amide bonds. The Bertz CT molecular complexity index is 719. The molecule has 0 unspecified atom stereocenters. The highest BCUT2D eigenvalue weighted by molar-refractivity contribution is 8.14. The van der Waals surface area contributed by atoms with Gasteiger partial charge in [-0.3, -0.25) is 14.5 Å². The molecule has 0 aromatic heterocycles. The lowest BCUT2D eigenvalue weighted by Gasteiger charge is -2.44. The number of alkyl halides is 1. The van der Waals surface area contributed by atoms with Crippen molar-refractivity contribution >= 4 is 40.7 Å². The number of halogens is 1. The minimum atomic E-state index is -0.799. The molecule has 0 spiro atoms. The predicted octanol–water partition coefficient (Wildman–Crippen LogP) is 3.09. The lowest BCUT2D eigenvalue weighted by molar-refractivity contribution is -0.142. The highest BCUT2D eigenvalue weighted by Gasteiger charge is 2.50. The molecule has 26 heavy (non-hydrogen) atoms. The second-order valence-electron chi connectivity index (χ2n) is 5.70. The van der Waals surface area contributed by atoms with Crippen molar-refractivity contribution in [3.8, 4) is 5.75 Å². The number of nitrogens with zero attached hydrogens (tertiary/aromatic N) is 1. The van der Waals surface area contributed by atoms with Gasteiger partial charge in [0.15, 0.2) is 11.0 Å². The molecule has 0 aliphatic carbocycles. The third-order valence-electron chi connectivity index (χ3n) is 3.77. The van der Waals surface area contributed by atoms with Gasteiger partial charge in [0.1, 0.15) is 29.4 Å². The molecule has 0 saturated carbocycles. The van der Waals surface area contributed by atoms with E-state index in [4.69, 9.17) is 21.1 Å². The van der Waals surface area contributed by atoms with Gasteiger partial charge in [-0.25, -0.2) is 0 Å². The first-order chi connectivity index (χ1) is 12.4. The van der Waals surface area contributed by atoms with Crippen LogP contribution in [0, 0.1) is 0 Å². The van der Waals surface area contributed by atoms with Crippen LogP contribution in [0.4, 0.5) is 0 Å². The Hall–Kier alpha value is -1.99. The normalized spacial score (nSPS) is 20.2. The van der Waals surface area contributed by atoms with Crippen molar-refractivity contribution in [3.05, 3.63) is 41.3 Å². The van der Waals surface area contributed by atoms with Crippen LogP contribution in [0.15, 0.2) is 35.7 Å². The van der Waals surface area contributed by atoms with E-state index in [1.807, 2.05) is 12.1 Å². The van der Waals surface area contributed by atoms with Crippen LogP contribution in [0.1, 0.15) is 25.8 Å². The summed E-state index contributed by atoms with van der Waals surface area (Å²) in [6.07, 6.45) is 0.855. The molecule has 0 radical (unpaired) electrons. The number of carbonyl (C=O) groups is 3. The average molecular weight is 398 g/mol. The summed E-state index contributed by atoms with van der Waals surface area (Å²) in [4.78, 5) is 36.0. The van der Waals surface area contributed by atoms with E-state index >= 15 is 0 Å². The maximum Gasteiger partial charge on any atom is 0.251 e. The van der Waals surface area contributed by atoms with Gasteiger partial charge in [0.25, 0.3) is 5.91 Å². The van der Waals surface area contributed by atoms with Crippen molar-refractivity contribution in [2.75, 3.05) is 7.11 Å². The number of methoxy groups -OCH3 is 1. The second-order valence-corrected chi connectivity index (χ2v) is 7.47. The maximum absolute atomic E-state index is 12.2. The Morgan fingerprint density at radius 1 is 1.31 bits per heavy atom. The summed E-state index contributed by atoms with van der Waals surface area (Å²) in [5.74, 6) is 0.649. The van der Waals surface area contributed by atoms with Gasteiger partial charge < -0.3 is 14.3 Å². The highest BCUT2D eigenvalue weighted by atomic mass is 35.5. The summed E-state index contributed by atoms with van der Waals surface area (Å²) in [5, 5.41) is -1.50. The van der Waals surface area contributed by atoms with E-state index in [1.54, 1.807) is 26.2 Å². The standard InChI is InChI=1S/C18H20ClNO5S/c1-11(8-9-21)17(20-16(23)15(19)18(20)26-12(2)22)25-10-13-4-6-14(24-3)7-5-13/h4-7,9,15,18H,8,10H2,1-3H3/t15-,18+/m0/s1. The number of rotatable bonds is 8. The maximum atomic E-state index is 12.2. The molecular formula is C18H20ClNO5S. The first kappa shape index (κ1) is 20.3.